The maximum absolute atomic E-state index is 12.6. The second kappa shape index (κ2) is 11.2. The van der Waals surface area contributed by atoms with Crippen LogP contribution < -0.4 is 4.74 Å². The van der Waals surface area contributed by atoms with Crippen molar-refractivity contribution in [3.63, 3.8) is 0 Å². The van der Waals surface area contributed by atoms with Crippen LogP contribution in [0.3, 0.4) is 0 Å². The Kier molecular flexibility index (Phi) is 8.87. The Morgan fingerprint density at radius 2 is 1.69 bits per heavy atom. The molecular formula is C27H42F3N3O3. The molecule has 0 aliphatic carbocycles. The molecule has 0 bridgehead atoms. The molecule has 2 heterocycles. The van der Waals surface area contributed by atoms with Gasteiger partial charge < -0.3 is 14.4 Å². The lowest BCUT2D eigenvalue weighted by atomic mass is 9.86. The fourth-order valence-corrected chi connectivity index (χ4v) is 5.43. The third-order valence-electron chi connectivity index (χ3n) is 7.40. The summed E-state index contributed by atoms with van der Waals surface area (Å²) in [7, 11) is 0. The third kappa shape index (κ3) is 7.51. The van der Waals surface area contributed by atoms with Crippen LogP contribution in [0.2, 0.25) is 0 Å². The molecule has 2 atom stereocenters. The number of alkyl halides is 3. The fraction of sp³-hybridized carbons (Fsp3) is 0.741. The van der Waals surface area contributed by atoms with Gasteiger partial charge in [0, 0.05) is 50.3 Å². The molecule has 3 rings (SSSR count). The van der Waals surface area contributed by atoms with Gasteiger partial charge in [0.1, 0.15) is 11.4 Å². The number of hydrogen-bond donors (Lipinski definition) is 0. The molecule has 2 aliphatic heterocycles. The summed E-state index contributed by atoms with van der Waals surface area (Å²) in [6.07, 6.45) is -1.20. The van der Waals surface area contributed by atoms with E-state index in [1.165, 1.54) is 12.1 Å². The number of halogens is 3. The Balaban J connectivity index is 1.61. The van der Waals surface area contributed by atoms with Gasteiger partial charge in [-0.1, -0.05) is 25.5 Å². The van der Waals surface area contributed by atoms with Crippen molar-refractivity contribution < 1.29 is 27.4 Å². The monoisotopic (exact) mass is 513 g/mol. The lowest BCUT2D eigenvalue weighted by Crippen LogP contribution is -2.62. The summed E-state index contributed by atoms with van der Waals surface area (Å²) in [6, 6.07) is 6.77. The van der Waals surface area contributed by atoms with Crippen molar-refractivity contribution in [2.75, 3.05) is 32.7 Å². The SMILES string of the molecule is CCC[C@@H](c1ccc(OC(F)(F)F)cc1)N1CCN(C2(C)CCN(C(=O)OC(C)(C)C)CC2)C[C@@H]1C. The van der Waals surface area contributed by atoms with Crippen LogP contribution >= 0.6 is 0 Å². The van der Waals surface area contributed by atoms with Gasteiger partial charge in [0.2, 0.25) is 0 Å². The number of likely N-dealkylation sites (tertiary alicyclic amines) is 1. The van der Waals surface area contributed by atoms with E-state index in [-0.39, 0.29) is 23.4 Å². The zero-order valence-electron chi connectivity index (χ0n) is 22.5. The maximum atomic E-state index is 12.6. The lowest BCUT2D eigenvalue weighted by Gasteiger charge is -2.52. The van der Waals surface area contributed by atoms with Crippen LogP contribution in [0.4, 0.5) is 18.0 Å². The Morgan fingerprint density at radius 3 is 2.19 bits per heavy atom. The summed E-state index contributed by atoms with van der Waals surface area (Å²) < 4.78 is 47.2. The standard InChI is InChI=1S/C27H42F3N3O3/c1-7-8-23(21-9-11-22(12-10-21)35-27(28,29)30)33-18-17-32(19-20(33)2)26(6)13-15-31(16-14-26)24(34)36-25(3,4)5/h9-12,20,23H,7-8,13-19H2,1-6H3/t20-,23-/m0/s1. The summed E-state index contributed by atoms with van der Waals surface area (Å²) in [5.74, 6) is -0.190. The predicted octanol–water partition coefficient (Wildman–Crippen LogP) is 6.22. The van der Waals surface area contributed by atoms with Crippen molar-refractivity contribution in [2.45, 2.75) is 96.8 Å². The first kappa shape index (κ1) is 28.6. The minimum absolute atomic E-state index is 0.0235. The third-order valence-corrected chi connectivity index (χ3v) is 7.40. The zero-order chi connectivity index (χ0) is 26.7. The smallest absolute Gasteiger partial charge is 0.444 e. The Morgan fingerprint density at radius 1 is 1.08 bits per heavy atom. The second-order valence-electron chi connectivity index (χ2n) is 11.4. The van der Waals surface area contributed by atoms with Crippen LogP contribution in [-0.4, -0.2) is 77.1 Å². The van der Waals surface area contributed by atoms with E-state index in [2.05, 4.69) is 35.3 Å². The molecule has 0 radical (unpaired) electrons. The Hall–Kier alpha value is -2.00. The van der Waals surface area contributed by atoms with Crippen LogP contribution in [-0.2, 0) is 4.74 Å². The van der Waals surface area contributed by atoms with E-state index in [9.17, 15) is 18.0 Å². The molecule has 0 saturated carbocycles. The molecule has 1 aromatic carbocycles. The van der Waals surface area contributed by atoms with Gasteiger partial charge in [-0.3, -0.25) is 9.80 Å². The Labute approximate surface area is 213 Å². The Bertz CT molecular complexity index is 862. The van der Waals surface area contributed by atoms with Gasteiger partial charge in [0.15, 0.2) is 0 Å². The molecule has 2 fully saturated rings. The van der Waals surface area contributed by atoms with Crippen LogP contribution in [0.15, 0.2) is 24.3 Å². The van der Waals surface area contributed by atoms with Crippen LogP contribution in [0.25, 0.3) is 0 Å². The number of carbonyl (C=O) groups is 1. The van der Waals surface area contributed by atoms with Crippen LogP contribution in [0.1, 0.15) is 78.8 Å². The largest absolute Gasteiger partial charge is 0.573 e. The highest BCUT2D eigenvalue weighted by atomic mass is 19.4. The van der Waals surface area contributed by atoms with E-state index in [0.29, 0.717) is 19.1 Å². The van der Waals surface area contributed by atoms with E-state index in [4.69, 9.17) is 4.74 Å². The van der Waals surface area contributed by atoms with Crippen molar-refractivity contribution in [1.82, 2.24) is 14.7 Å². The minimum atomic E-state index is -4.69. The summed E-state index contributed by atoms with van der Waals surface area (Å²) in [4.78, 5) is 19.3. The number of benzene rings is 1. The summed E-state index contributed by atoms with van der Waals surface area (Å²) in [6.45, 7) is 16.4. The number of rotatable bonds is 6. The molecule has 204 valence electrons. The molecule has 1 amide bonds. The van der Waals surface area contributed by atoms with Crippen molar-refractivity contribution in [2.24, 2.45) is 0 Å². The maximum Gasteiger partial charge on any atom is 0.573 e. The zero-order valence-corrected chi connectivity index (χ0v) is 22.5. The molecule has 0 N–H and O–H groups in total. The first-order chi connectivity index (χ1) is 16.7. The lowest BCUT2D eigenvalue weighted by molar-refractivity contribution is -0.274. The predicted molar refractivity (Wildman–Crippen MR) is 134 cm³/mol. The van der Waals surface area contributed by atoms with Gasteiger partial charge in [0.25, 0.3) is 0 Å². The molecule has 2 saturated heterocycles. The molecule has 0 aromatic heterocycles. The van der Waals surface area contributed by atoms with E-state index in [1.807, 2.05) is 25.7 Å². The number of hydrogen-bond acceptors (Lipinski definition) is 5. The molecule has 0 spiro atoms. The van der Waals surface area contributed by atoms with Gasteiger partial charge >= 0.3 is 12.5 Å². The fourth-order valence-electron chi connectivity index (χ4n) is 5.43. The molecule has 6 nitrogen and oxygen atoms in total. The molecule has 36 heavy (non-hydrogen) atoms. The van der Waals surface area contributed by atoms with Gasteiger partial charge in [0.05, 0.1) is 0 Å². The highest BCUT2D eigenvalue weighted by molar-refractivity contribution is 5.68. The first-order valence-corrected chi connectivity index (χ1v) is 13.1. The minimum Gasteiger partial charge on any atom is -0.444 e. The number of nitrogens with zero attached hydrogens (tertiary/aromatic N) is 3. The molecular weight excluding hydrogens is 471 g/mol. The highest BCUT2D eigenvalue weighted by Crippen LogP contribution is 2.36. The van der Waals surface area contributed by atoms with E-state index in [0.717, 1.165) is 50.9 Å². The number of carbonyl (C=O) groups excluding carboxylic acids is 1. The summed E-state index contributed by atoms with van der Waals surface area (Å²) in [5.41, 5.74) is 0.545. The average Bonchev–Trinajstić information content (AvgIpc) is 2.76. The van der Waals surface area contributed by atoms with Crippen molar-refractivity contribution in [3.05, 3.63) is 29.8 Å². The summed E-state index contributed by atoms with van der Waals surface area (Å²) in [5, 5.41) is 0. The number of piperidine rings is 1. The van der Waals surface area contributed by atoms with Crippen LogP contribution in [0.5, 0.6) is 5.75 Å². The molecule has 1 aromatic rings. The first-order valence-electron chi connectivity index (χ1n) is 13.1. The quantitative estimate of drug-likeness (QED) is 0.452. The van der Waals surface area contributed by atoms with E-state index < -0.39 is 12.0 Å². The van der Waals surface area contributed by atoms with E-state index in [1.54, 1.807) is 12.1 Å². The summed E-state index contributed by atoms with van der Waals surface area (Å²) >= 11 is 0. The van der Waals surface area contributed by atoms with Crippen molar-refractivity contribution in [3.8, 4) is 5.75 Å². The number of amides is 1. The van der Waals surface area contributed by atoms with E-state index >= 15 is 0 Å². The normalized spacial score (nSPS) is 22.8. The van der Waals surface area contributed by atoms with Crippen LogP contribution in [0, 0.1) is 0 Å². The highest BCUT2D eigenvalue weighted by Gasteiger charge is 2.41. The molecule has 0 unspecified atom stereocenters. The van der Waals surface area contributed by atoms with Crippen molar-refractivity contribution in [1.29, 1.82) is 0 Å². The average molecular weight is 514 g/mol. The number of ether oxygens (including phenoxy) is 2. The van der Waals surface area contributed by atoms with Gasteiger partial charge in [-0.2, -0.15) is 0 Å². The molecule has 9 heteroatoms. The van der Waals surface area contributed by atoms with Gasteiger partial charge in [-0.25, -0.2) is 4.79 Å². The number of piperazine rings is 1. The van der Waals surface area contributed by atoms with Gasteiger partial charge in [-0.05, 0) is 71.6 Å². The van der Waals surface area contributed by atoms with Crippen molar-refractivity contribution >= 4 is 6.09 Å². The topological polar surface area (TPSA) is 45.2 Å². The van der Waals surface area contributed by atoms with Gasteiger partial charge in [-0.15, -0.1) is 13.2 Å². The second-order valence-corrected chi connectivity index (χ2v) is 11.4. The molecule has 2 aliphatic rings.